The van der Waals surface area contributed by atoms with Gasteiger partial charge in [-0.3, -0.25) is 4.79 Å². The van der Waals surface area contributed by atoms with Gasteiger partial charge in [0.1, 0.15) is 17.2 Å². The van der Waals surface area contributed by atoms with Crippen molar-refractivity contribution < 1.29 is 18.7 Å². The molecule has 3 aromatic rings. The molecule has 6 nitrogen and oxygen atoms in total. The molecule has 1 N–H and O–H groups in total. The summed E-state index contributed by atoms with van der Waals surface area (Å²) in [4.78, 5) is 27.8. The molecule has 0 bridgehead atoms. The summed E-state index contributed by atoms with van der Waals surface area (Å²) in [5.74, 6) is -1.85. The van der Waals surface area contributed by atoms with Crippen LogP contribution in [0.5, 0.6) is 0 Å². The maximum absolute atomic E-state index is 13.8. The van der Waals surface area contributed by atoms with E-state index in [1.165, 1.54) is 25.4 Å². The van der Waals surface area contributed by atoms with Crippen molar-refractivity contribution in [3.63, 3.8) is 0 Å². The lowest BCUT2D eigenvalue weighted by atomic mass is 10.2. The zero-order valence-corrected chi connectivity index (χ0v) is 12.1. The van der Waals surface area contributed by atoms with E-state index in [1.54, 1.807) is 28.8 Å². The predicted octanol–water partition coefficient (Wildman–Crippen LogP) is 2.51. The molecular formula is C16H12FN3O3. The molecule has 2 heterocycles. The Morgan fingerprint density at radius 1 is 1.26 bits per heavy atom. The fourth-order valence-electron chi connectivity index (χ4n) is 2.10. The first-order valence-electron chi connectivity index (χ1n) is 6.71. The van der Waals surface area contributed by atoms with Gasteiger partial charge in [-0.15, -0.1) is 0 Å². The van der Waals surface area contributed by atoms with E-state index in [4.69, 9.17) is 0 Å². The molecule has 0 fully saturated rings. The van der Waals surface area contributed by atoms with E-state index < -0.39 is 17.7 Å². The lowest BCUT2D eigenvalue weighted by Crippen LogP contribution is -2.14. The van der Waals surface area contributed by atoms with Gasteiger partial charge in [0.25, 0.3) is 5.91 Å². The van der Waals surface area contributed by atoms with E-state index in [0.29, 0.717) is 5.65 Å². The highest BCUT2D eigenvalue weighted by Crippen LogP contribution is 2.18. The van der Waals surface area contributed by atoms with E-state index in [0.717, 1.165) is 6.07 Å². The summed E-state index contributed by atoms with van der Waals surface area (Å²) in [6, 6.07) is 8.93. The number of fused-ring (bicyclic) bond motifs is 1. The number of anilines is 1. The second kappa shape index (κ2) is 5.88. The van der Waals surface area contributed by atoms with Gasteiger partial charge in [0.15, 0.2) is 0 Å². The number of aromatic nitrogens is 2. The molecule has 0 atom stereocenters. The van der Waals surface area contributed by atoms with Crippen LogP contribution < -0.4 is 5.32 Å². The Morgan fingerprint density at radius 2 is 2.09 bits per heavy atom. The molecule has 7 heteroatoms. The molecule has 0 unspecified atom stereocenters. The average molecular weight is 313 g/mol. The van der Waals surface area contributed by atoms with Crippen LogP contribution in [0, 0.1) is 5.82 Å². The molecule has 23 heavy (non-hydrogen) atoms. The Kier molecular flexibility index (Phi) is 3.76. The Balaban J connectivity index is 1.88. The van der Waals surface area contributed by atoms with E-state index in [2.05, 4.69) is 15.0 Å². The summed E-state index contributed by atoms with van der Waals surface area (Å²) in [6.45, 7) is 0. The highest BCUT2D eigenvalue weighted by atomic mass is 19.1. The van der Waals surface area contributed by atoms with E-state index in [9.17, 15) is 14.0 Å². The molecule has 0 saturated heterocycles. The summed E-state index contributed by atoms with van der Waals surface area (Å²) in [5.41, 5.74) is 0.759. The number of pyridine rings is 1. The minimum atomic E-state index is -0.658. The second-order valence-electron chi connectivity index (χ2n) is 4.73. The third kappa shape index (κ3) is 2.89. The molecule has 2 aromatic heterocycles. The van der Waals surface area contributed by atoms with Crippen molar-refractivity contribution in [2.24, 2.45) is 0 Å². The largest absolute Gasteiger partial charge is 0.465 e. The topological polar surface area (TPSA) is 72.7 Å². The number of carbonyl (C=O) groups excluding carboxylic acids is 2. The monoisotopic (exact) mass is 313 g/mol. The molecule has 0 spiro atoms. The quantitative estimate of drug-likeness (QED) is 0.754. The molecule has 1 amide bonds. The highest BCUT2D eigenvalue weighted by Gasteiger charge is 2.15. The number of ether oxygens (including phenoxy) is 1. The third-order valence-corrected chi connectivity index (χ3v) is 3.23. The first kappa shape index (κ1) is 14.7. The standard InChI is InChI=1S/C16H12FN3O3/c1-23-16(22)10-5-6-11(17)12(8-10)19-15(21)13-9-20-7-3-2-4-14(20)18-13/h2-9H,1H3,(H,19,21). The van der Waals surface area contributed by atoms with E-state index in [1.807, 2.05) is 0 Å². The molecule has 3 rings (SSSR count). The number of hydrogen-bond donors (Lipinski definition) is 1. The van der Waals surface area contributed by atoms with Crippen LogP contribution in [-0.2, 0) is 4.74 Å². The van der Waals surface area contributed by atoms with Crippen molar-refractivity contribution in [2.45, 2.75) is 0 Å². The van der Waals surface area contributed by atoms with Gasteiger partial charge >= 0.3 is 5.97 Å². The molecule has 0 aliphatic carbocycles. The van der Waals surface area contributed by atoms with Crippen molar-refractivity contribution in [3.8, 4) is 0 Å². The van der Waals surface area contributed by atoms with Gasteiger partial charge in [0.2, 0.25) is 0 Å². The van der Waals surface area contributed by atoms with E-state index in [-0.39, 0.29) is 16.9 Å². The number of benzene rings is 1. The molecule has 116 valence electrons. The molecule has 0 radical (unpaired) electrons. The predicted molar refractivity (Wildman–Crippen MR) is 80.9 cm³/mol. The average Bonchev–Trinajstić information content (AvgIpc) is 3.00. The highest BCUT2D eigenvalue weighted by molar-refractivity contribution is 6.04. The Morgan fingerprint density at radius 3 is 2.83 bits per heavy atom. The van der Waals surface area contributed by atoms with Crippen molar-refractivity contribution in [3.05, 3.63) is 65.9 Å². The zero-order valence-electron chi connectivity index (χ0n) is 12.1. The first-order chi connectivity index (χ1) is 11.1. The Hall–Kier alpha value is -3.22. The van der Waals surface area contributed by atoms with Crippen LogP contribution in [0.3, 0.4) is 0 Å². The van der Waals surface area contributed by atoms with Crippen LogP contribution in [0.1, 0.15) is 20.8 Å². The lowest BCUT2D eigenvalue weighted by Gasteiger charge is -2.06. The molecule has 1 aromatic carbocycles. The zero-order chi connectivity index (χ0) is 16.4. The summed E-state index contributed by atoms with van der Waals surface area (Å²) in [7, 11) is 1.22. The minimum Gasteiger partial charge on any atom is -0.465 e. The number of rotatable bonds is 3. The number of amides is 1. The summed E-state index contributed by atoms with van der Waals surface area (Å²) in [5, 5.41) is 2.41. The SMILES string of the molecule is COC(=O)c1ccc(F)c(NC(=O)c2cn3ccccc3n2)c1. The molecule has 0 saturated carbocycles. The number of halogens is 1. The summed E-state index contributed by atoms with van der Waals surface area (Å²) < 4.78 is 20.1. The molecule has 0 aliphatic heterocycles. The van der Waals surface area contributed by atoms with Gasteiger partial charge in [-0.05, 0) is 30.3 Å². The van der Waals surface area contributed by atoms with Gasteiger partial charge in [-0.25, -0.2) is 14.2 Å². The van der Waals surface area contributed by atoms with Gasteiger partial charge in [0, 0.05) is 12.4 Å². The molecular weight excluding hydrogens is 301 g/mol. The van der Waals surface area contributed by atoms with Crippen LogP contribution in [0.2, 0.25) is 0 Å². The number of carbonyl (C=O) groups is 2. The third-order valence-electron chi connectivity index (χ3n) is 3.23. The van der Waals surface area contributed by atoms with Crippen LogP contribution in [0.4, 0.5) is 10.1 Å². The lowest BCUT2D eigenvalue weighted by molar-refractivity contribution is 0.0600. The van der Waals surface area contributed by atoms with Gasteiger partial charge in [-0.2, -0.15) is 0 Å². The van der Waals surface area contributed by atoms with Crippen LogP contribution in [0.25, 0.3) is 5.65 Å². The summed E-state index contributed by atoms with van der Waals surface area (Å²) in [6.07, 6.45) is 3.28. The number of nitrogens with zero attached hydrogens (tertiary/aromatic N) is 2. The van der Waals surface area contributed by atoms with E-state index >= 15 is 0 Å². The fraction of sp³-hybridized carbons (Fsp3) is 0.0625. The van der Waals surface area contributed by atoms with Crippen molar-refractivity contribution >= 4 is 23.2 Å². The maximum atomic E-state index is 13.8. The van der Waals surface area contributed by atoms with Crippen molar-refractivity contribution in [2.75, 3.05) is 12.4 Å². The number of methoxy groups -OCH3 is 1. The Labute approximate surface area is 130 Å². The first-order valence-corrected chi connectivity index (χ1v) is 6.71. The van der Waals surface area contributed by atoms with Crippen LogP contribution >= 0.6 is 0 Å². The van der Waals surface area contributed by atoms with Gasteiger partial charge in [0.05, 0.1) is 18.4 Å². The van der Waals surface area contributed by atoms with Crippen molar-refractivity contribution in [1.82, 2.24) is 9.38 Å². The fourth-order valence-corrected chi connectivity index (χ4v) is 2.10. The van der Waals surface area contributed by atoms with Crippen LogP contribution in [-0.4, -0.2) is 28.4 Å². The number of nitrogens with one attached hydrogen (secondary N) is 1. The Bertz CT molecular complexity index is 871. The number of esters is 1. The van der Waals surface area contributed by atoms with Gasteiger partial charge in [-0.1, -0.05) is 6.07 Å². The number of hydrogen-bond acceptors (Lipinski definition) is 4. The smallest absolute Gasteiger partial charge is 0.337 e. The van der Waals surface area contributed by atoms with Crippen LogP contribution in [0.15, 0.2) is 48.8 Å². The maximum Gasteiger partial charge on any atom is 0.337 e. The number of imidazole rings is 1. The molecule has 0 aliphatic rings. The minimum absolute atomic E-state index is 0.116. The van der Waals surface area contributed by atoms with Crippen molar-refractivity contribution in [1.29, 1.82) is 0 Å². The normalized spacial score (nSPS) is 10.5. The summed E-state index contributed by atoms with van der Waals surface area (Å²) >= 11 is 0. The second-order valence-corrected chi connectivity index (χ2v) is 4.73. The van der Waals surface area contributed by atoms with Gasteiger partial charge < -0.3 is 14.5 Å².